The summed E-state index contributed by atoms with van der Waals surface area (Å²) in [5.74, 6) is 0. The summed E-state index contributed by atoms with van der Waals surface area (Å²) < 4.78 is 0. The zero-order valence-corrected chi connectivity index (χ0v) is 12.0. The molecule has 0 radical (unpaired) electrons. The van der Waals surface area contributed by atoms with Crippen LogP contribution in [0.5, 0.6) is 0 Å². The fourth-order valence-electron chi connectivity index (χ4n) is 2.39. The summed E-state index contributed by atoms with van der Waals surface area (Å²) in [4.78, 5) is 0. The first-order valence-electron chi connectivity index (χ1n) is 6.70. The Kier molecular flexibility index (Phi) is 4.37. The molecular formula is C16H27N. The van der Waals surface area contributed by atoms with Gasteiger partial charge in [0.1, 0.15) is 0 Å². The summed E-state index contributed by atoms with van der Waals surface area (Å²) in [6.45, 7) is 11.9. The van der Waals surface area contributed by atoms with Crippen LogP contribution in [0.2, 0.25) is 0 Å². The molecule has 96 valence electrons. The van der Waals surface area contributed by atoms with Gasteiger partial charge in [-0.05, 0) is 29.4 Å². The van der Waals surface area contributed by atoms with Crippen LogP contribution in [0.3, 0.4) is 0 Å². The Hall–Kier alpha value is -0.820. The number of benzene rings is 1. The Labute approximate surface area is 106 Å². The zero-order chi connectivity index (χ0) is 13.1. The van der Waals surface area contributed by atoms with Crippen LogP contribution in [0.1, 0.15) is 58.6 Å². The van der Waals surface area contributed by atoms with Gasteiger partial charge in [-0.2, -0.15) is 0 Å². The van der Waals surface area contributed by atoms with E-state index in [0.29, 0.717) is 0 Å². The van der Waals surface area contributed by atoms with E-state index < -0.39 is 0 Å². The lowest BCUT2D eigenvalue weighted by Gasteiger charge is -2.31. The zero-order valence-electron chi connectivity index (χ0n) is 12.0. The largest absolute Gasteiger partial charge is 0.330 e. The van der Waals surface area contributed by atoms with Crippen molar-refractivity contribution in [2.24, 2.45) is 5.73 Å². The lowest BCUT2D eigenvalue weighted by Crippen LogP contribution is -2.33. The highest BCUT2D eigenvalue weighted by molar-refractivity contribution is 5.32. The van der Waals surface area contributed by atoms with Crippen LogP contribution in [0.4, 0.5) is 0 Å². The van der Waals surface area contributed by atoms with Gasteiger partial charge in [-0.15, -0.1) is 0 Å². The van der Waals surface area contributed by atoms with E-state index in [1.165, 1.54) is 11.1 Å². The molecule has 0 amide bonds. The fraction of sp³-hybridized carbons (Fsp3) is 0.625. The van der Waals surface area contributed by atoms with E-state index in [0.717, 1.165) is 19.4 Å². The van der Waals surface area contributed by atoms with E-state index in [-0.39, 0.29) is 10.8 Å². The van der Waals surface area contributed by atoms with E-state index in [9.17, 15) is 0 Å². The summed E-state index contributed by atoms with van der Waals surface area (Å²) in [7, 11) is 0. The predicted octanol–water partition coefficient (Wildman–Crippen LogP) is 4.00. The van der Waals surface area contributed by atoms with Crippen LogP contribution in [-0.2, 0) is 10.8 Å². The molecular weight excluding hydrogens is 206 g/mol. The van der Waals surface area contributed by atoms with E-state index in [1.807, 2.05) is 0 Å². The molecule has 17 heavy (non-hydrogen) atoms. The maximum Gasteiger partial charge on any atom is 0.00703 e. The Morgan fingerprint density at radius 3 is 1.59 bits per heavy atom. The monoisotopic (exact) mass is 233 g/mol. The first kappa shape index (κ1) is 14.2. The van der Waals surface area contributed by atoms with Crippen molar-refractivity contribution in [1.82, 2.24) is 0 Å². The molecule has 0 saturated heterocycles. The van der Waals surface area contributed by atoms with Crippen molar-refractivity contribution in [2.45, 2.75) is 58.3 Å². The molecule has 1 heteroatoms. The highest BCUT2D eigenvalue weighted by Crippen LogP contribution is 2.32. The number of hydrogen-bond donors (Lipinski definition) is 1. The minimum atomic E-state index is 0.163. The Morgan fingerprint density at radius 1 is 0.882 bits per heavy atom. The third-order valence-electron chi connectivity index (χ3n) is 4.11. The van der Waals surface area contributed by atoms with Crippen LogP contribution in [0, 0.1) is 0 Å². The van der Waals surface area contributed by atoms with E-state index in [1.54, 1.807) is 0 Å². The molecule has 1 rings (SSSR count). The lowest BCUT2D eigenvalue weighted by atomic mass is 9.75. The van der Waals surface area contributed by atoms with Crippen LogP contribution < -0.4 is 5.73 Å². The maximum atomic E-state index is 5.98. The molecule has 1 aromatic carbocycles. The summed E-state index contributed by atoms with van der Waals surface area (Å²) in [5, 5.41) is 0. The van der Waals surface area contributed by atoms with Gasteiger partial charge in [-0.1, -0.05) is 58.9 Å². The Morgan fingerprint density at radius 2 is 1.29 bits per heavy atom. The second-order valence-corrected chi connectivity index (χ2v) is 6.02. The van der Waals surface area contributed by atoms with Crippen LogP contribution in [0.25, 0.3) is 0 Å². The summed E-state index contributed by atoms with van der Waals surface area (Å²) >= 11 is 0. The molecule has 0 saturated carbocycles. The van der Waals surface area contributed by atoms with Crippen molar-refractivity contribution >= 4 is 0 Å². The van der Waals surface area contributed by atoms with Gasteiger partial charge in [0, 0.05) is 12.0 Å². The minimum Gasteiger partial charge on any atom is -0.330 e. The third kappa shape index (κ3) is 2.90. The van der Waals surface area contributed by atoms with Crippen molar-refractivity contribution in [3.63, 3.8) is 0 Å². The SMILES string of the molecule is CCC(CC)(CN)c1ccc(C(C)(C)C)cc1. The van der Waals surface area contributed by atoms with Gasteiger partial charge in [0.25, 0.3) is 0 Å². The highest BCUT2D eigenvalue weighted by Gasteiger charge is 2.26. The quantitative estimate of drug-likeness (QED) is 0.835. The van der Waals surface area contributed by atoms with Crippen LogP contribution in [0.15, 0.2) is 24.3 Å². The molecule has 0 heterocycles. The van der Waals surface area contributed by atoms with Crippen molar-refractivity contribution in [2.75, 3.05) is 6.54 Å². The Bertz CT molecular complexity index is 331. The molecule has 0 aliphatic carbocycles. The van der Waals surface area contributed by atoms with E-state index in [2.05, 4.69) is 58.9 Å². The summed E-state index contributed by atoms with van der Waals surface area (Å²) in [6.07, 6.45) is 2.21. The molecule has 0 atom stereocenters. The lowest BCUT2D eigenvalue weighted by molar-refractivity contribution is 0.406. The first-order chi connectivity index (χ1) is 7.89. The van der Waals surface area contributed by atoms with Gasteiger partial charge in [0.15, 0.2) is 0 Å². The fourth-order valence-corrected chi connectivity index (χ4v) is 2.39. The van der Waals surface area contributed by atoms with Gasteiger partial charge in [0.2, 0.25) is 0 Å². The summed E-state index contributed by atoms with van der Waals surface area (Å²) in [5.41, 5.74) is 9.15. The van der Waals surface area contributed by atoms with Gasteiger partial charge in [-0.3, -0.25) is 0 Å². The van der Waals surface area contributed by atoms with E-state index in [4.69, 9.17) is 5.73 Å². The predicted molar refractivity (Wildman–Crippen MR) is 76.5 cm³/mol. The number of hydrogen-bond acceptors (Lipinski definition) is 1. The molecule has 0 fully saturated rings. The molecule has 1 nitrogen and oxygen atoms in total. The van der Waals surface area contributed by atoms with E-state index >= 15 is 0 Å². The van der Waals surface area contributed by atoms with Crippen molar-refractivity contribution in [3.05, 3.63) is 35.4 Å². The molecule has 0 aliphatic heterocycles. The first-order valence-corrected chi connectivity index (χ1v) is 6.70. The van der Waals surface area contributed by atoms with Crippen LogP contribution >= 0.6 is 0 Å². The van der Waals surface area contributed by atoms with Crippen molar-refractivity contribution < 1.29 is 0 Å². The maximum absolute atomic E-state index is 5.98. The van der Waals surface area contributed by atoms with Crippen molar-refractivity contribution in [1.29, 1.82) is 0 Å². The molecule has 0 bridgehead atoms. The van der Waals surface area contributed by atoms with Gasteiger partial charge >= 0.3 is 0 Å². The van der Waals surface area contributed by atoms with Crippen molar-refractivity contribution in [3.8, 4) is 0 Å². The highest BCUT2D eigenvalue weighted by atomic mass is 14.6. The Balaban J connectivity index is 3.09. The molecule has 0 spiro atoms. The smallest absolute Gasteiger partial charge is 0.00703 e. The molecule has 0 unspecified atom stereocenters. The van der Waals surface area contributed by atoms with Gasteiger partial charge in [0.05, 0.1) is 0 Å². The average molecular weight is 233 g/mol. The molecule has 2 N–H and O–H groups in total. The normalized spacial score (nSPS) is 12.8. The minimum absolute atomic E-state index is 0.163. The summed E-state index contributed by atoms with van der Waals surface area (Å²) in [6, 6.07) is 9.04. The topological polar surface area (TPSA) is 26.0 Å². The number of rotatable bonds is 4. The van der Waals surface area contributed by atoms with Gasteiger partial charge < -0.3 is 5.73 Å². The molecule has 0 aliphatic rings. The van der Waals surface area contributed by atoms with Gasteiger partial charge in [-0.25, -0.2) is 0 Å². The third-order valence-corrected chi connectivity index (χ3v) is 4.11. The molecule has 1 aromatic rings. The number of nitrogens with two attached hydrogens (primary N) is 1. The second kappa shape index (κ2) is 5.22. The standard InChI is InChI=1S/C16H27N/c1-6-16(7-2,12-17)14-10-8-13(9-11-14)15(3,4)5/h8-11H,6-7,12,17H2,1-5H3. The second-order valence-electron chi connectivity index (χ2n) is 6.02. The molecule has 0 aromatic heterocycles. The average Bonchev–Trinajstić information content (AvgIpc) is 2.32. The van der Waals surface area contributed by atoms with Crippen LogP contribution in [-0.4, -0.2) is 6.54 Å².